The number of thioether (sulfide) groups is 1. The first-order valence-corrected chi connectivity index (χ1v) is 39.7. The zero-order valence-electron chi connectivity index (χ0n) is 59.7. The molecule has 572 valence electrons. The fourth-order valence-electron chi connectivity index (χ4n) is 12.8. The van der Waals surface area contributed by atoms with Gasteiger partial charge in [-0.3, -0.25) is 47.9 Å². The van der Waals surface area contributed by atoms with Gasteiger partial charge in [0, 0.05) is 94.6 Å². The number of ketones is 2. The van der Waals surface area contributed by atoms with Crippen molar-refractivity contribution in [3.63, 3.8) is 0 Å². The summed E-state index contributed by atoms with van der Waals surface area (Å²) in [6.07, 6.45) is -6.76. The topological polar surface area (TPSA) is 390 Å². The Morgan fingerprint density at radius 3 is 2.14 bits per heavy atom. The van der Waals surface area contributed by atoms with E-state index in [1.807, 2.05) is 74.5 Å². The number of para-hydroxylation sites is 1. The molecule has 0 spiro atoms. The molecule has 11 atom stereocenters. The highest BCUT2D eigenvalue weighted by Gasteiger charge is 2.57. The molecule has 104 heavy (non-hydrogen) atoms. The normalized spacial score (nSPS) is 20.6. The maximum atomic E-state index is 15.1. The standard InChI is InChI=1S/C71H98N8O20S5/c1-9-57(86)97-39-41-102-101-40-29-49(83)26-27-55(104(92,93)94)53(84)24-17-25-56(85)78-42-48-20-13-14-21-50(48)61-59(51-22-15-16-23-52(51)78)76-77-79(61)33-36-96-58(87)28-30-69(5,72-8)45-70(6,68(3,4)44-71(7,67(91)73-31-34-80)103-65(100)47-18-11-10-12-19-47)66(90)74-32-35-95-37-38-98-64-60(75-46(2)82)63(89)62(88)54(43-81)99-64/h10-16,18-23,54-55,59-64,80-81,88-89H,9,17,24-45H2,1-7H3,(H,73,91)(H,74,90)(H,75,82)(H,92,93,94)/t54-,55?,59?,60-,61?,62?,63-,64-,69?,70?,71?/m1/s1. The average molecular weight is 1540 g/mol. The van der Waals surface area contributed by atoms with Crippen LogP contribution in [0, 0.1) is 17.4 Å². The number of nitrogens with zero attached hydrogens (tertiary/aromatic N) is 5. The van der Waals surface area contributed by atoms with Crippen LogP contribution >= 0.6 is 45.6 Å². The van der Waals surface area contributed by atoms with Crippen LogP contribution < -0.4 is 20.9 Å². The van der Waals surface area contributed by atoms with Crippen molar-refractivity contribution in [3.05, 3.63) is 113 Å². The van der Waals surface area contributed by atoms with E-state index in [0.29, 0.717) is 32.5 Å². The number of Topliss-reactive ketones (excluding diaryl/α,β-unsaturated/α-hetero) is 2. The zero-order chi connectivity index (χ0) is 76.4. The molecule has 1 saturated heterocycles. The molecule has 1 fully saturated rings. The molecule has 33 heteroatoms. The maximum absolute atomic E-state index is 15.1. The Hall–Kier alpha value is -6.52. The van der Waals surface area contributed by atoms with Gasteiger partial charge in [-0.25, -0.2) is 6.57 Å². The van der Waals surface area contributed by atoms with E-state index in [-0.39, 0.29) is 148 Å². The second-order valence-corrected chi connectivity index (χ2v) is 33.4. The zero-order valence-corrected chi connectivity index (χ0v) is 63.8. The van der Waals surface area contributed by atoms with Gasteiger partial charge in [0.05, 0.1) is 66.9 Å². The lowest BCUT2D eigenvalue weighted by Crippen LogP contribution is -2.64. The molecule has 3 aliphatic heterocycles. The number of fused-ring (bicyclic) bond motifs is 5. The third-order valence-electron chi connectivity index (χ3n) is 18.7. The van der Waals surface area contributed by atoms with E-state index in [1.165, 1.54) is 28.5 Å². The minimum atomic E-state index is -4.89. The number of nitrogens with one attached hydrogen (secondary N) is 3. The fraction of sp³-hybridized carbons (Fsp3) is 0.606. The number of aliphatic hydroxyl groups is 4. The number of amides is 4. The molecule has 4 amide bonds. The van der Waals surface area contributed by atoms with Crippen molar-refractivity contribution < 1.29 is 95.4 Å². The average Bonchev–Trinajstić information content (AvgIpc) is 0.951. The first-order chi connectivity index (χ1) is 49.4. The van der Waals surface area contributed by atoms with Crippen LogP contribution in [-0.2, 0) is 78.7 Å². The highest BCUT2D eigenvalue weighted by molar-refractivity contribution is 8.76. The summed E-state index contributed by atoms with van der Waals surface area (Å²) in [5.74, 6) is -2.96. The Balaban J connectivity index is 1.10. The highest BCUT2D eigenvalue weighted by Crippen LogP contribution is 2.54. The molecule has 6 rings (SSSR count). The molecule has 0 aliphatic carbocycles. The monoisotopic (exact) mass is 1540 g/mol. The molecule has 0 aromatic heterocycles. The van der Waals surface area contributed by atoms with Crippen LogP contribution in [0.1, 0.15) is 153 Å². The van der Waals surface area contributed by atoms with Crippen molar-refractivity contribution in [1.29, 1.82) is 0 Å². The van der Waals surface area contributed by atoms with Gasteiger partial charge in [0.2, 0.25) is 29.2 Å². The third-order valence-corrected chi connectivity index (χ3v) is 23.9. The molecule has 3 aromatic rings. The number of anilines is 1. The number of thiocarbonyl (C=S) groups is 1. The van der Waals surface area contributed by atoms with Crippen molar-refractivity contribution in [3.8, 4) is 0 Å². The Bertz CT molecular complexity index is 3630. The van der Waals surface area contributed by atoms with E-state index in [4.69, 9.17) is 47.6 Å². The first-order valence-electron chi connectivity index (χ1n) is 34.5. The predicted molar refractivity (Wildman–Crippen MR) is 396 cm³/mol. The second kappa shape index (κ2) is 41.0. The Kier molecular flexibility index (Phi) is 34.1. The van der Waals surface area contributed by atoms with Crippen molar-refractivity contribution in [2.24, 2.45) is 21.2 Å². The van der Waals surface area contributed by atoms with Gasteiger partial charge in [-0.1, -0.05) is 144 Å². The van der Waals surface area contributed by atoms with E-state index in [2.05, 4.69) is 26.0 Å². The van der Waals surface area contributed by atoms with Gasteiger partial charge in [-0.05, 0) is 61.3 Å². The van der Waals surface area contributed by atoms with E-state index in [0.717, 1.165) is 22.9 Å². The van der Waals surface area contributed by atoms with Gasteiger partial charge < -0.3 is 69.8 Å². The molecule has 0 saturated carbocycles. The number of carbonyl (C=O) groups is 8. The fourth-order valence-corrected chi connectivity index (χ4v) is 17.5. The van der Waals surface area contributed by atoms with Gasteiger partial charge in [0.15, 0.2) is 12.1 Å². The molecular formula is C71H98N8O20S5. The van der Waals surface area contributed by atoms with Crippen molar-refractivity contribution in [2.45, 2.75) is 184 Å². The molecule has 0 radical (unpaired) electrons. The largest absolute Gasteiger partial charge is 0.465 e. The van der Waals surface area contributed by atoms with Gasteiger partial charge >= 0.3 is 11.9 Å². The van der Waals surface area contributed by atoms with E-state index in [9.17, 15) is 67.0 Å². The summed E-state index contributed by atoms with van der Waals surface area (Å²) in [6, 6.07) is 21.4. The highest BCUT2D eigenvalue weighted by atomic mass is 33.1. The summed E-state index contributed by atoms with van der Waals surface area (Å²) in [5.41, 5.74) is -0.616. The first kappa shape index (κ1) is 86.4. The Morgan fingerprint density at radius 1 is 0.788 bits per heavy atom. The summed E-state index contributed by atoms with van der Waals surface area (Å²) in [5, 5.41) is 58.0. The smallest absolute Gasteiger partial charge is 0.306 e. The molecule has 28 nitrogen and oxygen atoms in total. The maximum Gasteiger partial charge on any atom is 0.306 e. The molecular weight excluding hydrogens is 1450 g/mol. The van der Waals surface area contributed by atoms with Crippen LogP contribution in [0.4, 0.5) is 5.69 Å². The van der Waals surface area contributed by atoms with E-state index in [1.54, 1.807) is 55.8 Å². The van der Waals surface area contributed by atoms with Gasteiger partial charge in [-0.2, -0.15) is 13.5 Å². The second-order valence-electron chi connectivity index (χ2n) is 26.9. The minimum Gasteiger partial charge on any atom is -0.465 e. The van der Waals surface area contributed by atoms with Crippen LogP contribution in [0.2, 0.25) is 0 Å². The molecule has 0 bridgehead atoms. The lowest BCUT2D eigenvalue weighted by atomic mass is 9.57. The molecule has 3 aromatic carbocycles. The van der Waals surface area contributed by atoms with Crippen LogP contribution in [0.5, 0.6) is 0 Å². The summed E-state index contributed by atoms with van der Waals surface area (Å²) in [6.45, 7) is 19.2. The Morgan fingerprint density at radius 2 is 1.46 bits per heavy atom. The van der Waals surface area contributed by atoms with E-state index >= 15 is 4.79 Å². The SMILES string of the molecule is [C-]#[N+]C(C)(CCC(=O)OCCN1N=NC2c3ccccc3N(C(=O)CCCC(=O)C(CCC(=O)CCSSCCOC(=O)CC)S(=O)(=O)O)Cc3ccccc3C21)CC(C)(C(=O)NCCOCCO[C@@H]1O[C@H](CO)C(O)[C@H](O)[C@H]1NC(C)=O)C(C)(C)CC(C)(SC(=S)c1ccccc1)C(=O)NCCO. The molecule has 3 heterocycles. The summed E-state index contributed by atoms with van der Waals surface area (Å²) in [7, 11) is -2.08. The number of benzene rings is 3. The minimum absolute atomic E-state index is 0.0163. The lowest BCUT2D eigenvalue weighted by molar-refractivity contribution is -0.272. The summed E-state index contributed by atoms with van der Waals surface area (Å²) in [4.78, 5) is 113. The number of carbonyl (C=O) groups excluding carboxylic acids is 8. The summed E-state index contributed by atoms with van der Waals surface area (Å²) >= 11 is 7.04. The number of hydrogen-bond acceptors (Lipinski definition) is 26. The molecule has 7 unspecified atom stereocenters. The molecule has 8 N–H and O–H groups in total. The van der Waals surface area contributed by atoms with Crippen LogP contribution in [0.3, 0.4) is 0 Å². The van der Waals surface area contributed by atoms with Gasteiger partial charge in [0.1, 0.15) is 60.7 Å². The van der Waals surface area contributed by atoms with Crippen molar-refractivity contribution in [1.82, 2.24) is 21.0 Å². The van der Waals surface area contributed by atoms with Crippen molar-refractivity contribution in [2.75, 3.05) is 82.3 Å². The Labute approximate surface area is 625 Å². The van der Waals surface area contributed by atoms with Gasteiger partial charge in [0.25, 0.3) is 10.1 Å². The van der Waals surface area contributed by atoms with E-state index < -0.39 is 122 Å². The number of esters is 2. The number of aliphatic hydroxyl groups excluding tert-OH is 4. The number of hydrogen-bond donors (Lipinski definition) is 8. The third kappa shape index (κ3) is 24.5. The summed E-state index contributed by atoms with van der Waals surface area (Å²) < 4.78 is 62.2. The lowest BCUT2D eigenvalue weighted by Gasteiger charge is -2.48. The van der Waals surface area contributed by atoms with Gasteiger partial charge in [-0.15, -0.1) is 0 Å². The van der Waals surface area contributed by atoms with Crippen LogP contribution in [0.15, 0.2) is 89.2 Å². The van der Waals surface area contributed by atoms with Crippen LogP contribution in [-0.4, -0.2) is 213 Å². The predicted octanol–water partition coefficient (Wildman–Crippen LogP) is 6.95. The number of ether oxygens (including phenoxy) is 5. The van der Waals surface area contributed by atoms with Crippen molar-refractivity contribution >= 4 is 113 Å². The van der Waals surface area contributed by atoms with Crippen LogP contribution in [0.25, 0.3) is 4.85 Å². The quantitative estimate of drug-likeness (QED) is 0.00709. The number of rotatable bonds is 43. The molecule has 3 aliphatic rings.